The van der Waals surface area contributed by atoms with E-state index < -0.39 is 7.82 Å². The summed E-state index contributed by atoms with van der Waals surface area (Å²) in [7, 11) is -4.07. The van der Waals surface area contributed by atoms with Crippen LogP contribution in [-0.2, 0) is 18.4 Å². The van der Waals surface area contributed by atoms with E-state index in [1.807, 2.05) is 38.1 Å². The topological polar surface area (TPSA) is 63.2 Å². The third-order valence-corrected chi connectivity index (χ3v) is 4.75. The Morgan fingerprint density at radius 1 is 0.741 bits per heavy atom. The Morgan fingerprint density at radius 3 is 1.67 bits per heavy atom. The van der Waals surface area contributed by atoms with Crippen LogP contribution in [0.4, 0.5) is 0 Å². The molecule has 0 amide bonds. The molecule has 6 nitrogen and oxygen atoms in total. The van der Waals surface area contributed by atoms with E-state index in [2.05, 4.69) is 6.92 Å². The molecule has 148 valence electrons. The molecule has 0 unspecified atom stereocenters. The highest BCUT2D eigenvalue weighted by atomic mass is 31.2. The Morgan fingerprint density at radius 2 is 1.22 bits per heavy atom. The van der Waals surface area contributed by atoms with Crippen molar-refractivity contribution in [3.8, 4) is 11.5 Å². The zero-order chi connectivity index (χ0) is 19.5. The van der Waals surface area contributed by atoms with Gasteiger partial charge in [-0.15, -0.1) is 0 Å². The van der Waals surface area contributed by atoms with Crippen LogP contribution in [0, 0.1) is 13.8 Å². The molecule has 0 heterocycles. The summed E-state index contributed by atoms with van der Waals surface area (Å²) in [6.45, 7) is 6.23. The minimum atomic E-state index is -4.07. The Balaban J connectivity index is 1.94. The van der Waals surface area contributed by atoms with Gasteiger partial charge in [0, 0.05) is 0 Å². The van der Waals surface area contributed by atoms with E-state index in [4.69, 9.17) is 23.6 Å². The van der Waals surface area contributed by atoms with Gasteiger partial charge in [-0.3, -0.25) is 4.52 Å². The summed E-state index contributed by atoms with van der Waals surface area (Å²) in [6, 6.07) is 14.2. The lowest BCUT2D eigenvalue weighted by Gasteiger charge is -2.16. The average Bonchev–Trinajstić information content (AvgIpc) is 2.67. The van der Waals surface area contributed by atoms with Crippen LogP contribution in [0.25, 0.3) is 0 Å². The molecule has 27 heavy (non-hydrogen) atoms. The molecule has 0 saturated carbocycles. The molecule has 7 heteroatoms. The molecule has 0 N–H and O–H groups in total. The first-order valence-corrected chi connectivity index (χ1v) is 10.6. The third-order valence-electron chi connectivity index (χ3n) is 3.74. The summed E-state index contributed by atoms with van der Waals surface area (Å²) in [5.41, 5.74) is 2.13. The summed E-state index contributed by atoms with van der Waals surface area (Å²) >= 11 is 0. The van der Waals surface area contributed by atoms with Gasteiger partial charge in [-0.05, 0) is 44.5 Å². The van der Waals surface area contributed by atoms with Gasteiger partial charge < -0.3 is 9.78 Å². The van der Waals surface area contributed by atoms with Crippen LogP contribution in [0.2, 0.25) is 0 Å². The summed E-state index contributed by atoms with van der Waals surface area (Å²) in [5.74, 6) is 0.767. The van der Waals surface area contributed by atoms with E-state index in [-0.39, 0.29) is 6.61 Å². The van der Waals surface area contributed by atoms with E-state index >= 15 is 0 Å². The van der Waals surface area contributed by atoms with Crippen molar-refractivity contribution >= 4 is 7.82 Å². The second-order valence-corrected chi connectivity index (χ2v) is 7.73. The average molecular weight is 394 g/mol. The van der Waals surface area contributed by atoms with Gasteiger partial charge in [-0.25, -0.2) is 4.57 Å². The molecule has 0 aliphatic rings. The number of unbranched alkanes of at least 4 members (excludes halogenated alkanes) is 3. The van der Waals surface area contributed by atoms with Crippen molar-refractivity contribution in [2.24, 2.45) is 0 Å². The van der Waals surface area contributed by atoms with Crippen LogP contribution in [0.15, 0.2) is 48.5 Å². The minimum absolute atomic E-state index is 0.214. The molecular formula is C20H27O6P. The van der Waals surface area contributed by atoms with Gasteiger partial charge in [0.15, 0.2) is 11.5 Å². The Hall–Kier alpha value is -1.85. The van der Waals surface area contributed by atoms with Gasteiger partial charge >= 0.3 is 7.82 Å². The van der Waals surface area contributed by atoms with Crippen molar-refractivity contribution in [1.29, 1.82) is 0 Å². The normalized spacial score (nSPS) is 11.4. The molecule has 2 rings (SSSR count). The maximum absolute atomic E-state index is 12.8. The van der Waals surface area contributed by atoms with E-state index in [0.717, 1.165) is 36.8 Å². The maximum atomic E-state index is 12.8. The zero-order valence-electron chi connectivity index (χ0n) is 16.1. The minimum Gasteiger partial charge on any atom is -0.327 e. The molecule has 2 aromatic rings. The second kappa shape index (κ2) is 11.1. The Bertz CT molecular complexity index is 661. The highest BCUT2D eigenvalue weighted by Crippen LogP contribution is 2.50. The van der Waals surface area contributed by atoms with Crippen molar-refractivity contribution < 1.29 is 28.2 Å². The number of aryl methyl sites for hydroxylation is 2. The fourth-order valence-electron chi connectivity index (χ4n) is 2.13. The highest BCUT2D eigenvalue weighted by Gasteiger charge is 2.32. The van der Waals surface area contributed by atoms with Gasteiger partial charge in [0.25, 0.3) is 0 Å². The van der Waals surface area contributed by atoms with E-state index in [1.54, 1.807) is 24.3 Å². The molecule has 0 aromatic heterocycles. The van der Waals surface area contributed by atoms with Crippen LogP contribution in [0.5, 0.6) is 11.5 Å². The SMILES string of the molecule is CCCCCCOP(=O)(OOc1ccc(C)cc1)OOc1ccc(C)cc1. The first kappa shape index (κ1) is 21.5. The molecule has 0 aliphatic carbocycles. The molecule has 0 fully saturated rings. The Labute approximate surface area is 160 Å². The molecule has 0 spiro atoms. The van der Waals surface area contributed by atoms with Crippen molar-refractivity contribution in [1.82, 2.24) is 0 Å². The smallest absolute Gasteiger partial charge is 0.327 e. The molecule has 0 atom stereocenters. The van der Waals surface area contributed by atoms with Crippen molar-refractivity contribution in [3.05, 3.63) is 59.7 Å². The predicted octanol–water partition coefficient (Wildman–Crippen LogP) is 6.33. The van der Waals surface area contributed by atoms with Gasteiger partial charge in [-0.1, -0.05) is 70.9 Å². The van der Waals surface area contributed by atoms with Crippen LogP contribution in [0.3, 0.4) is 0 Å². The summed E-state index contributed by atoms with van der Waals surface area (Å²) < 4.78 is 28.1. The summed E-state index contributed by atoms with van der Waals surface area (Å²) in [4.78, 5) is 10.2. The zero-order valence-corrected chi connectivity index (χ0v) is 16.9. The monoisotopic (exact) mass is 394 g/mol. The van der Waals surface area contributed by atoms with E-state index in [0.29, 0.717) is 11.5 Å². The molecule has 0 aliphatic heterocycles. The van der Waals surface area contributed by atoms with Gasteiger partial charge in [-0.2, -0.15) is 0 Å². The van der Waals surface area contributed by atoms with Crippen LogP contribution in [0.1, 0.15) is 43.7 Å². The third kappa shape index (κ3) is 8.14. The molecule has 0 radical (unpaired) electrons. The van der Waals surface area contributed by atoms with Crippen molar-refractivity contribution in [3.63, 3.8) is 0 Å². The number of benzene rings is 2. The van der Waals surface area contributed by atoms with Crippen LogP contribution >= 0.6 is 7.82 Å². The number of hydrogen-bond acceptors (Lipinski definition) is 6. The van der Waals surface area contributed by atoms with Gasteiger partial charge in [0.2, 0.25) is 0 Å². The second-order valence-electron chi connectivity index (χ2n) is 6.28. The lowest BCUT2D eigenvalue weighted by molar-refractivity contribution is -0.192. The number of rotatable bonds is 12. The quantitative estimate of drug-likeness (QED) is 0.181. The standard InChI is InChI=1S/C20H27O6P/c1-4-5-6-7-16-22-27(21,25-23-19-12-8-17(2)9-13-19)26-24-20-14-10-18(3)11-15-20/h8-15H,4-7,16H2,1-3H3. The first-order chi connectivity index (χ1) is 13.0. The van der Waals surface area contributed by atoms with E-state index in [9.17, 15) is 4.57 Å². The molecule has 2 aromatic carbocycles. The van der Waals surface area contributed by atoms with Gasteiger partial charge in [0.1, 0.15) is 0 Å². The summed E-state index contributed by atoms with van der Waals surface area (Å²) in [6.07, 6.45) is 3.88. The molecular weight excluding hydrogens is 367 g/mol. The Kier molecular flexibility index (Phi) is 8.82. The molecule has 0 bridgehead atoms. The fraction of sp³-hybridized carbons (Fsp3) is 0.400. The molecule has 0 saturated heterocycles. The number of hydrogen-bond donors (Lipinski definition) is 0. The predicted molar refractivity (Wildman–Crippen MR) is 103 cm³/mol. The maximum Gasteiger partial charge on any atom is 0.547 e. The fourth-order valence-corrected chi connectivity index (χ4v) is 2.94. The lowest BCUT2D eigenvalue weighted by Crippen LogP contribution is -2.06. The van der Waals surface area contributed by atoms with E-state index in [1.165, 1.54) is 0 Å². The first-order valence-electron chi connectivity index (χ1n) is 9.11. The van der Waals surface area contributed by atoms with Crippen LogP contribution < -0.4 is 9.78 Å². The van der Waals surface area contributed by atoms with Crippen molar-refractivity contribution in [2.45, 2.75) is 46.5 Å². The summed E-state index contributed by atoms with van der Waals surface area (Å²) in [5, 5.41) is 0. The lowest BCUT2D eigenvalue weighted by atomic mass is 10.2. The van der Waals surface area contributed by atoms with Gasteiger partial charge in [0.05, 0.1) is 6.61 Å². The van der Waals surface area contributed by atoms with Crippen LogP contribution in [-0.4, -0.2) is 6.61 Å². The largest absolute Gasteiger partial charge is 0.547 e. The number of phosphoric acid groups is 1. The highest BCUT2D eigenvalue weighted by molar-refractivity contribution is 7.48. The van der Waals surface area contributed by atoms with Crippen molar-refractivity contribution in [2.75, 3.05) is 6.61 Å².